The highest BCUT2D eigenvalue weighted by atomic mass is 32.1. The number of fused-ring (bicyclic) bond motifs is 11. The Labute approximate surface area is 531 Å². The van der Waals surface area contributed by atoms with Gasteiger partial charge in [0.25, 0.3) is 6.71 Å². The maximum absolute atomic E-state index is 10.0. The number of nitriles is 1. The predicted octanol–water partition coefficient (Wildman–Crippen LogP) is 21.1. The van der Waals surface area contributed by atoms with Crippen LogP contribution in [0.25, 0.3) is 53.2 Å². The van der Waals surface area contributed by atoms with Gasteiger partial charge in [0.05, 0.1) is 18.5 Å². The SMILES string of the molecule is [2H]c1c([2H])c([2H])c(N(c2ccccc2)c2ccc3c(c2)N(c2ccccc2)c2cc(-c4ccc5oc6ccc7sc8ccccc8c7c6c5c4)cc4c2B3c2ccc(N(c3ccccc3)c3ccc(C#N)cc3)cc2N4c2cc(C(C)(C)C)cc(C(C)(C)C)c2)c([2H])c1[2H]. The molecule has 0 radical (unpaired) electrons. The first kappa shape index (κ1) is 48.5. The van der Waals surface area contributed by atoms with Gasteiger partial charge in [-0.05, 0) is 201 Å². The molecule has 14 aromatic rings. The number of nitrogens with zero attached hydrogens (tertiary/aromatic N) is 5. The van der Waals surface area contributed by atoms with Gasteiger partial charge in [0.1, 0.15) is 11.2 Å². The normalized spacial score (nSPS) is 13.5. The lowest BCUT2D eigenvalue weighted by molar-refractivity contribution is 0.569. The van der Waals surface area contributed by atoms with E-state index in [1.165, 1.54) is 31.3 Å². The average Bonchev–Trinajstić information content (AvgIpc) is 0.812. The van der Waals surface area contributed by atoms with E-state index in [1.807, 2.05) is 72.8 Å². The maximum atomic E-state index is 10.0. The summed E-state index contributed by atoms with van der Waals surface area (Å²) in [4.78, 5) is 8.94. The van der Waals surface area contributed by atoms with Gasteiger partial charge < -0.3 is 24.0 Å². The Bertz CT molecular complexity index is 5400. The first-order valence-electron chi connectivity index (χ1n) is 32.7. The second-order valence-electron chi connectivity index (χ2n) is 25.3. The minimum Gasteiger partial charge on any atom is -0.456 e. The number of furan rings is 1. The number of thiophene rings is 1. The van der Waals surface area contributed by atoms with E-state index in [0.717, 1.165) is 101 Å². The van der Waals surface area contributed by atoms with Crippen molar-refractivity contribution in [3.05, 3.63) is 283 Å². The summed E-state index contributed by atoms with van der Waals surface area (Å²) in [5, 5.41) is 14.5. The summed E-state index contributed by atoms with van der Waals surface area (Å²) < 4.78 is 54.7. The maximum Gasteiger partial charge on any atom is 0.252 e. The van der Waals surface area contributed by atoms with Gasteiger partial charge in [-0.1, -0.05) is 157 Å². The molecule has 426 valence electrons. The lowest BCUT2D eigenvalue weighted by Gasteiger charge is -2.45. The molecule has 0 unspecified atom stereocenters. The van der Waals surface area contributed by atoms with Crippen LogP contribution in [-0.2, 0) is 10.8 Å². The molecule has 0 atom stereocenters. The van der Waals surface area contributed by atoms with Gasteiger partial charge in [-0.25, -0.2) is 0 Å². The molecule has 0 N–H and O–H groups in total. The van der Waals surface area contributed by atoms with E-state index in [0.29, 0.717) is 16.9 Å². The third-order valence-electron chi connectivity index (χ3n) is 17.8. The molecule has 0 saturated heterocycles. The molecule has 12 aromatic carbocycles. The van der Waals surface area contributed by atoms with E-state index in [-0.39, 0.29) is 35.3 Å². The molecule has 0 saturated carbocycles. The van der Waals surface area contributed by atoms with E-state index in [2.05, 4.69) is 226 Å². The zero-order valence-electron chi connectivity index (χ0n) is 55.1. The van der Waals surface area contributed by atoms with Crippen molar-refractivity contribution in [3.8, 4) is 17.2 Å². The van der Waals surface area contributed by atoms with Gasteiger partial charge in [0.15, 0.2) is 0 Å². The van der Waals surface area contributed by atoms with E-state index in [4.69, 9.17) is 8.53 Å². The number of rotatable bonds is 9. The minimum atomic E-state index is -0.458. The predicted molar refractivity (Wildman–Crippen MR) is 378 cm³/mol. The molecule has 0 aliphatic carbocycles. The summed E-state index contributed by atoms with van der Waals surface area (Å²) in [6, 6.07) is 83.2. The van der Waals surface area contributed by atoms with Gasteiger partial charge in [0, 0.05) is 99.2 Å². The van der Waals surface area contributed by atoms with E-state index >= 15 is 0 Å². The van der Waals surface area contributed by atoms with Crippen LogP contribution in [-0.4, -0.2) is 6.71 Å². The van der Waals surface area contributed by atoms with Gasteiger partial charge in [0.2, 0.25) is 0 Å². The van der Waals surface area contributed by atoms with Gasteiger partial charge >= 0.3 is 0 Å². The zero-order valence-corrected chi connectivity index (χ0v) is 51.0. The molecule has 6 nitrogen and oxygen atoms in total. The molecule has 2 aromatic heterocycles. The van der Waals surface area contributed by atoms with Crippen LogP contribution in [0.4, 0.5) is 68.2 Å². The molecule has 8 heteroatoms. The molecule has 2 aliphatic rings. The molecule has 4 heterocycles. The molecular formula is C81H62BN5OS. The average molecular weight is 1170 g/mol. The van der Waals surface area contributed by atoms with Crippen LogP contribution >= 0.6 is 11.3 Å². The Morgan fingerprint density at radius 1 is 0.438 bits per heavy atom. The highest BCUT2D eigenvalue weighted by Crippen LogP contribution is 2.51. The van der Waals surface area contributed by atoms with Crippen molar-refractivity contribution in [1.29, 1.82) is 5.26 Å². The van der Waals surface area contributed by atoms with Crippen molar-refractivity contribution >= 4 is 145 Å². The Morgan fingerprint density at radius 3 is 1.58 bits per heavy atom. The molecule has 0 amide bonds. The summed E-state index contributed by atoms with van der Waals surface area (Å²) in [5.41, 5.74) is 19.1. The van der Waals surface area contributed by atoms with E-state index < -0.39 is 18.1 Å². The minimum absolute atomic E-state index is 0.0441. The number of anilines is 12. The molecule has 0 fully saturated rings. The third kappa shape index (κ3) is 9.06. The van der Waals surface area contributed by atoms with Crippen LogP contribution in [0.1, 0.15) is 65.1 Å². The van der Waals surface area contributed by atoms with Crippen LogP contribution in [0, 0.1) is 11.3 Å². The van der Waals surface area contributed by atoms with Gasteiger partial charge in [-0.3, -0.25) is 0 Å². The van der Waals surface area contributed by atoms with Crippen molar-refractivity contribution < 1.29 is 11.3 Å². The first-order valence-corrected chi connectivity index (χ1v) is 31.0. The van der Waals surface area contributed by atoms with Crippen molar-refractivity contribution in [2.24, 2.45) is 0 Å². The second kappa shape index (κ2) is 20.8. The molecule has 2 aliphatic heterocycles. The monoisotopic (exact) mass is 1170 g/mol. The molecule has 0 bridgehead atoms. The van der Waals surface area contributed by atoms with Gasteiger partial charge in [-0.2, -0.15) is 5.26 Å². The molecular weight excluding hydrogens is 1100 g/mol. The molecule has 16 rings (SSSR count). The Hall–Kier alpha value is -10.6. The van der Waals surface area contributed by atoms with Crippen LogP contribution in [0.3, 0.4) is 0 Å². The fraction of sp³-hybridized carbons (Fsp3) is 0.0988. The topological polar surface area (TPSA) is 49.9 Å². The standard InChI is InChI=1S/C81H62BN5OS/c1-80(2,3)55-46-56(81(4,5)6)48-64(47-55)87-70-50-63(85(59-25-15-9-16-26-59)61-34-31-52(51-83)32-35-61)37-39-68(70)82-67-38-36-62(84(57-21-11-7-12-22-57)58-23-13-8-14-24-58)49-69(67)86(60-27-17-10-18-28-60)71-44-54(45-72(87)79(71)82)53-33-40-73-66(43-53)77-74(88-73)41-42-76-78(77)65-29-19-20-30-75(65)89-76/h7-50H,1-6H3/i7D,11D,12D,21D,22D. The Balaban J connectivity index is 1.03. The highest BCUT2D eigenvalue weighted by Gasteiger charge is 2.45. The molecule has 89 heavy (non-hydrogen) atoms. The summed E-state index contributed by atoms with van der Waals surface area (Å²) in [5.74, 6) is 0. The van der Waals surface area contributed by atoms with Crippen LogP contribution in [0.5, 0.6) is 0 Å². The summed E-state index contributed by atoms with van der Waals surface area (Å²) in [6.45, 7) is 13.4. The van der Waals surface area contributed by atoms with Crippen molar-refractivity contribution in [1.82, 2.24) is 0 Å². The smallest absolute Gasteiger partial charge is 0.252 e. The first-order chi connectivity index (χ1) is 45.4. The Kier molecular flexibility index (Phi) is 11.3. The van der Waals surface area contributed by atoms with E-state index in [1.54, 1.807) is 16.2 Å². The third-order valence-corrected chi connectivity index (χ3v) is 18.9. The quantitative estimate of drug-likeness (QED) is 0.134. The lowest BCUT2D eigenvalue weighted by Crippen LogP contribution is -2.61. The number of hydrogen-bond acceptors (Lipinski definition) is 7. The zero-order chi connectivity index (χ0) is 64.6. The van der Waals surface area contributed by atoms with Crippen LogP contribution in [0.2, 0.25) is 0 Å². The number of benzene rings is 12. The Morgan fingerprint density at radius 2 is 0.978 bits per heavy atom. The lowest BCUT2D eigenvalue weighted by atomic mass is 9.33. The van der Waals surface area contributed by atoms with Crippen LogP contribution in [0.15, 0.2) is 271 Å². The summed E-state index contributed by atoms with van der Waals surface area (Å²) >= 11 is 1.80. The number of para-hydroxylation sites is 4. The van der Waals surface area contributed by atoms with Crippen molar-refractivity contribution in [2.45, 2.75) is 52.4 Å². The van der Waals surface area contributed by atoms with Crippen molar-refractivity contribution in [3.63, 3.8) is 0 Å². The van der Waals surface area contributed by atoms with Crippen molar-refractivity contribution in [2.75, 3.05) is 19.6 Å². The number of hydrogen-bond donors (Lipinski definition) is 0. The summed E-state index contributed by atoms with van der Waals surface area (Å²) in [7, 11) is 0. The summed E-state index contributed by atoms with van der Waals surface area (Å²) in [6.07, 6.45) is 0. The van der Waals surface area contributed by atoms with E-state index in [9.17, 15) is 8.00 Å². The highest BCUT2D eigenvalue weighted by molar-refractivity contribution is 7.26. The fourth-order valence-electron chi connectivity index (χ4n) is 13.5. The fourth-order valence-corrected chi connectivity index (χ4v) is 14.6. The largest absolute Gasteiger partial charge is 0.456 e. The molecule has 0 spiro atoms. The van der Waals surface area contributed by atoms with Crippen LogP contribution < -0.4 is 36.0 Å². The van der Waals surface area contributed by atoms with Gasteiger partial charge in [-0.15, -0.1) is 11.3 Å². The second-order valence-corrected chi connectivity index (χ2v) is 26.4.